The molecule has 146 valence electrons. The molecule has 2 atom stereocenters. The highest BCUT2D eigenvalue weighted by molar-refractivity contribution is 7.96. The Morgan fingerprint density at radius 1 is 1.18 bits per heavy atom. The molecule has 28 heavy (non-hydrogen) atoms. The lowest BCUT2D eigenvalue weighted by atomic mass is 9.77. The fourth-order valence-electron chi connectivity index (χ4n) is 3.59. The Kier molecular flexibility index (Phi) is 6.39. The standard InChI is InChI=1S/C21H24BNO4S/c24-22(25)21(12-17-13-27-20-8-2-1-7-18(17)20)23-28-14-15-5-3-6-16(11-15)19-9-4-10-26-19/h1-3,5-8,11,13,19,21,23-25H,4,9-10,12,14H2/t19?,21-/m0/s1. The van der Waals surface area contributed by atoms with Gasteiger partial charge in [0.05, 0.1) is 18.3 Å². The second-order valence-electron chi connectivity index (χ2n) is 7.13. The third-order valence-corrected chi connectivity index (χ3v) is 6.03. The van der Waals surface area contributed by atoms with Gasteiger partial charge in [-0.2, -0.15) is 0 Å². The largest absolute Gasteiger partial charge is 0.470 e. The van der Waals surface area contributed by atoms with E-state index < -0.39 is 13.1 Å². The second-order valence-corrected chi connectivity index (χ2v) is 7.95. The molecule has 7 heteroatoms. The SMILES string of the molecule is OB(O)[C@H](Cc1coc2ccccc12)NSCc1cccc(C2CCCO2)c1. The molecule has 1 aromatic heterocycles. The average Bonchev–Trinajstić information content (AvgIpc) is 3.38. The molecule has 3 N–H and O–H groups in total. The molecule has 1 fully saturated rings. The van der Waals surface area contributed by atoms with Gasteiger partial charge in [0.15, 0.2) is 0 Å². The van der Waals surface area contributed by atoms with Crippen LogP contribution in [-0.2, 0) is 16.9 Å². The first kappa shape index (κ1) is 19.5. The molecule has 3 aromatic rings. The first-order chi connectivity index (χ1) is 13.7. The van der Waals surface area contributed by atoms with E-state index in [1.54, 1.807) is 6.26 Å². The van der Waals surface area contributed by atoms with Crippen LogP contribution in [-0.4, -0.2) is 29.7 Å². The summed E-state index contributed by atoms with van der Waals surface area (Å²) in [5.74, 6) is 0.239. The molecule has 2 aromatic carbocycles. The van der Waals surface area contributed by atoms with Gasteiger partial charge in [0, 0.05) is 17.7 Å². The fourth-order valence-corrected chi connectivity index (χ4v) is 4.44. The Morgan fingerprint density at radius 2 is 2.07 bits per heavy atom. The van der Waals surface area contributed by atoms with Crippen molar-refractivity contribution in [1.82, 2.24) is 4.72 Å². The molecule has 0 radical (unpaired) electrons. The van der Waals surface area contributed by atoms with Crippen LogP contribution in [0.25, 0.3) is 11.0 Å². The molecular weight excluding hydrogens is 373 g/mol. The maximum Gasteiger partial charge on any atom is 0.470 e. The van der Waals surface area contributed by atoms with Crippen molar-refractivity contribution >= 4 is 30.0 Å². The highest BCUT2D eigenvalue weighted by Gasteiger charge is 2.25. The molecule has 1 unspecified atom stereocenters. The van der Waals surface area contributed by atoms with Gasteiger partial charge in [0.2, 0.25) is 0 Å². The first-order valence-electron chi connectivity index (χ1n) is 9.60. The van der Waals surface area contributed by atoms with Crippen molar-refractivity contribution in [2.75, 3.05) is 6.61 Å². The minimum absolute atomic E-state index is 0.208. The van der Waals surface area contributed by atoms with Gasteiger partial charge in [-0.05, 0) is 42.0 Å². The minimum atomic E-state index is -1.46. The number of nitrogens with one attached hydrogen (secondary N) is 1. The summed E-state index contributed by atoms with van der Waals surface area (Å²) in [4.78, 5) is 0. The van der Waals surface area contributed by atoms with Gasteiger partial charge in [-0.1, -0.05) is 54.4 Å². The number of hydrogen-bond donors (Lipinski definition) is 3. The maximum atomic E-state index is 9.80. The monoisotopic (exact) mass is 397 g/mol. The zero-order valence-electron chi connectivity index (χ0n) is 15.6. The predicted octanol–water partition coefficient (Wildman–Crippen LogP) is 3.65. The van der Waals surface area contributed by atoms with E-state index >= 15 is 0 Å². The van der Waals surface area contributed by atoms with Gasteiger partial charge in [-0.3, -0.25) is 4.72 Å². The van der Waals surface area contributed by atoms with Crippen LogP contribution in [0.4, 0.5) is 0 Å². The first-order valence-corrected chi connectivity index (χ1v) is 10.6. The van der Waals surface area contributed by atoms with Crippen LogP contribution >= 0.6 is 11.9 Å². The number of benzene rings is 2. The van der Waals surface area contributed by atoms with Crippen molar-refractivity contribution in [3.63, 3.8) is 0 Å². The smallest absolute Gasteiger partial charge is 0.464 e. The number of ether oxygens (including phenoxy) is 1. The topological polar surface area (TPSA) is 74.9 Å². The van der Waals surface area contributed by atoms with Crippen LogP contribution in [0, 0.1) is 0 Å². The van der Waals surface area contributed by atoms with Crippen LogP contribution in [0.5, 0.6) is 0 Å². The highest BCUT2D eigenvalue weighted by Crippen LogP contribution is 2.29. The Hall–Kier alpha value is -1.77. The molecular formula is C21H24BNO4S. The fraction of sp³-hybridized carbons (Fsp3) is 0.333. The van der Waals surface area contributed by atoms with Crippen molar-refractivity contribution in [1.29, 1.82) is 0 Å². The van der Waals surface area contributed by atoms with Crippen molar-refractivity contribution in [3.8, 4) is 0 Å². The van der Waals surface area contributed by atoms with E-state index in [1.165, 1.54) is 23.1 Å². The van der Waals surface area contributed by atoms with Gasteiger partial charge in [-0.15, -0.1) is 0 Å². The van der Waals surface area contributed by atoms with Crippen LogP contribution in [0.2, 0.25) is 0 Å². The van der Waals surface area contributed by atoms with Crippen LogP contribution in [0.15, 0.2) is 59.2 Å². The lowest BCUT2D eigenvalue weighted by molar-refractivity contribution is 0.112. The Labute approximate surface area is 169 Å². The Morgan fingerprint density at radius 3 is 2.89 bits per heavy atom. The van der Waals surface area contributed by atoms with E-state index in [1.807, 2.05) is 24.3 Å². The molecule has 0 saturated carbocycles. The molecule has 2 heterocycles. The number of fused-ring (bicyclic) bond motifs is 1. The number of furan rings is 1. The summed E-state index contributed by atoms with van der Waals surface area (Å²) in [5.41, 5.74) is 4.18. The van der Waals surface area contributed by atoms with E-state index in [9.17, 15) is 10.0 Å². The van der Waals surface area contributed by atoms with E-state index in [0.717, 1.165) is 41.7 Å². The molecule has 1 aliphatic heterocycles. The van der Waals surface area contributed by atoms with E-state index in [4.69, 9.17) is 9.15 Å². The van der Waals surface area contributed by atoms with Crippen molar-refractivity contribution in [2.45, 2.75) is 37.1 Å². The summed E-state index contributed by atoms with van der Waals surface area (Å²) >= 11 is 1.48. The Balaban J connectivity index is 1.36. The summed E-state index contributed by atoms with van der Waals surface area (Å²) in [6, 6.07) is 16.2. The number of rotatable bonds is 8. The summed E-state index contributed by atoms with van der Waals surface area (Å²) in [6.45, 7) is 0.837. The van der Waals surface area contributed by atoms with Crippen LogP contribution < -0.4 is 4.72 Å². The normalized spacial score (nSPS) is 17.9. The average molecular weight is 397 g/mol. The number of para-hydroxylation sites is 1. The molecule has 4 rings (SSSR count). The summed E-state index contributed by atoms with van der Waals surface area (Å²) in [5, 5.41) is 20.6. The Bertz CT molecular complexity index is 910. The molecule has 0 aliphatic carbocycles. The lowest BCUT2D eigenvalue weighted by Gasteiger charge is -2.17. The number of hydrogen-bond acceptors (Lipinski definition) is 6. The van der Waals surface area contributed by atoms with Gasteiger partial charge in [-0.25, -0.2) is 0 Å². The third-order valence-electron chi connectivity index (χ3n) is 5.09. The molecule has 1 saturated heterocycles. The molecule has 1 aliphatic rings. The maximum absolute atomic E-state index is 9.80. The summed E-state index contributed by atoms with van der Waals surface area (Å²) < 4.78 is 14.5. The summed E-state index contributed by atoms with van der Waals surface area (Å²) in [6.07, 6.45) is 4.56. The summed E-state index contributed by atoms with van der Waals surface area (Å²) in [7, 11) is -1.46. The quantitative estimate of drug-likeness (QED) is 0.398. The van der Waals surface area contributed by atoms with Gasteiger partial charge in [0.25, 0.3) is 0 Å². The van der Waals surface area contributed by atoms with Crippen molar-refractivity contribution in [3.05, 3.63) is 71.5 Å². The van der Waals surface area contributed by atoms with Gasteiger partial charge < -0.3 is 19.2 Å². The zero-order chi connectivity index (χ0) is 19.3. The zero-order valence-corrected chi connectivity index (χ0v) is 16.4. The minimum Gasteiger partial charge on any atom is -0.464 e. The van der Waals surface area contributed by atoms with Crippen LogP contribution in [0.3, 0.4) is 0 Å². The van der Waals surface area contributed by atoms with Crippen LogP contribution in [0.1, 0.15) is 35.6 Å². The van der Waals surface area contributed by atoms with Crippen molar-refractivity contribution in [2.24, 2.45) is 0 Å². The highest BCUT2D eigenvalue weighted by atomic mass is 32.2. The predicted molar refractivity (Wildman–Crippen MR) is 113 cm³/mol. The third kappa shape index (κ3) is 4.62. The van der Waals surface area contributed by atoms with Gasteiger partial charge in [0.1, 0.15) is 5.58 Å². The molecule has 0 amide bonds. The molecule has 5 nitrogen and oxygen atoms in total. The van der Waals surface area contributed by atoms with Crippen molar-refractivity contribution < 1.29 is 19.2 Å². The van der Waals surface area contributed by atoms with Gasteiger partial charge >= 0.3 is 7.12 Å². The van der Waals surface area contributed by atoms with E-state index in [0.29, 0.717) is 6.42 Å². The molecule has 0 bridgehead atoms. The van der Waals surface area contributed by atoms with E-state index in [-0.39, 0.29) is 6.10 Å². The second kappa shape index (κ2) is 9.16. The van der Waals surface area contributed by atoms with E-state index in [2.05, 4.69) is 29.0 Å². The lowest BCUT2D eigenvalue weighted by Crippen LogP contribution is -2.42. The molecule has 0 spiro atoms.